The Morgan fingerprint density at radius 1 is 1.35 bits per heavy atom. The highest BCUT2D eigenvalue weighted by Gasteiger charge is 2.41. The van der Waals surface area contributed by atoms with E-state index in [0.29, 0.717) is 5.57 Å². The van der Waals surface area contributed by atoms with Crippen molar-refractivity contribution in [2.45, 2.75) is 32.0 Å². The van der Waals surface area contributed by atoms with Crippen LogP contribution in [0.3, 0.4) is 0 Å². The highest BCUT2D eigenvalue weighted by Crippen LogP contribution is 2.39. The number of fused-ring (bicyclic) bond motifs is 1. The van der Waals surface area contributed by atoms with Gasteiger partial charge >= 0.3 is 5.97 Å². The second kappa shape index (κ2) is 5.62. The van der Waals surface area contributed by atoms with E-state index < -0.39 is 24.0 Å². The van der Waals surface area contributed by atoms with Crippen LogP contribution in [0.4, 0.5) is 0 Å². The largest absolute Gasteiger partial charge is 0.507 e. The van der Waals surface area contributed by atoms with Crippen LogP contribution in [0.2, 0.25) is 0 Å². The molecule has 3 rings (SSSR count). The van der Waals surface area contributed by atoms with Crippen LogP contribution in [-0.2, 0) is 14.3 Å². The van der Waals surface area contributed by atoms with Crippen molar-refractivity contribution in [1.82, 2.24) is 0 Å². The number of aromatic hydroxyl groups is 1. The zero-order chi connectivity index (χ0) is 16.7. The van der Waals surface area contributed by atoms with Crippen LogP contribution in [0.1, 0.15) is 40.5 Å². The summed E-state index contributed by atoms with van der Waals surface area (Å²) in [6.45, 7) is 1.66. The maximum absolute atomic E-state index is 12.7. The number of rotatable bonds is 2. The van der Waals surface area contributed by atoms with Gasteiger partial charge < -0.3 is 14.6 Å². The number of ether oxygens (including phenoxy) is 2. The fourth-order valence-electron chi connectivity index (χ4n) is 3.18. The number of esters is 1. The third kappa shape index (κ3) is 2.45. The number of carbonyl (C=O) groups excluding carboxylic acids is 3. The molecule has 1 heterocycles. The van der Waals surface area contributed by atoms with E-state index in [1.54, 1.807) is 6.92 Å². The van der Waals surface area contributed by atoms with Crippen molar-refractivity contribution < 1.29 is 29.0 Å². The number of methoxy groups -OCH3 is 1. The molecule has 0 saturated carbocycles. The maximum atomic E-state index is 12.7. The third-order valence-electron chi connectivity index (χ3n) is 4.21. The van der Waals surface area contributed by atoms with Crippen molar-refractivity contribution in [3.05, 3.63) is 40.5 Å². The second-order valence-corrected chi connectivity index (χ2v) is 5.63. The highest BCUT2D eigenvalue weighted by molar-refractivity contribution is 6.28. The van der Waals surface area contributed by atoms with Crippen LogP contribution < -0.4 is 0 Å². The van der Waals surface area contributed by atoms with Crippen molar-refractivity contribution >= 4 is 17.5 Å². The molecule has 2 atom stereocenters. The zero-order valence-electron chi connectivity index (χ0n) is 12.8. The van der Waals surface area contributed by atoms with E-state index >= 15 is 0 Å². The quantitative estimate of drug-likeness (QED) is 0.837. The van der Waals surface area contributed by atoms with Gasteiger partial charge in [0.25, 0.3) is 0 Å². The van der Waals surface area contributed by atoms with Crippen LogP contribution in [0.15, 0.2) is 29.3 Å². The minimum Gasteiger partial charge on any atom is -0.507 e. The summed E-state index contributed by atoms with van der Waals surface area (Å²) in [5, 5.41) is 9.93. The number of phenols is 1. The summed E-state index contributed by atoms with van der Waals surface area (Å²) in [7, 11) is 1.29. The molecule has 1 aromatic rings. The van der Waals surface area contributed by atoms with Crippen LogP contribution in [0.25, 0.3) is 0 Å². The Morgan fingerprint density at radius 3 is 2.78 bits per heavy atom. The average Bonchev–Trinajstić information content (AvgIpc) is 2.51. The number of Topliss-reactive ketones (excluding diaryl/α,β-unsaturated/α-hetero) is 2. The number of benzene rings is 1. The van der Waals surface area contributed by atoms with Gasteiger partial charge in [0.2, 0.25) is 0 Å². The molecule has 0 bridgehead atoms. The number of phenolic OH excluding ortho intramolecular Hbond substituents is 1. The van der Waals surface area contributed by atoms with Crippen LogP contribution >= 0.6 is 0 Å². The molecular formula is C17H16O6. The van der Waals surface area contributed by atoms with E-state index in [2.05, 4.69) is 4.74 Å². The predicted octanol–water partition coefficient (Wildman–Crippen LogP) is 1.81. The van der Waals surface area contributed by atoms with Crippen LogP contribution in [-0.4, -0.2) is 42.0 Å². The molecule has 0 amide bonds. The smallest absolute Gasteiger partial charge is 0.308 e. The van der Waals surface area contributed by atoms with Crippen molar-refractivity contribution in [1.29, 1.82) is 0 Å². The first-order valence-corrected chi connectivity index (χ1v) is 7.30. The molecule has 6 nitrogen and oxygen atoms in total. The van der Waals surface area contributed by atoms with Crippen LogP contribution in [0, 0.1) is 0 Å². The maximum Gasteiger partial charge on any atom is 0.308 e. The van der Waals surface area contributed by atoms with Gasteiger partial charge in [0.05, 0.1) is 31.3 Å². The van der Waals surface area contributed by atoms with Gasteiger partial charge in [0.1, 0.15) is 5.75 Å². The first-order chi connectivity index (χ1) is 10.9. The lowest BCUT2D eigenvalue weighted by molar-refractivity contribution is -0.144. The molecule has 120 valence electrons. The lowest BCUT2D eigenvalue weighted by atomic mass is 9.78. The second-order valence-electron chi connectivity index (χ2n) is 5.63. The Morgan fingerprint density at radius 2 is 2.09 bits per heavy atom. The summed E-state index contributed by atoms with van der Waals surface area (Å²) in [6.07, 6.45) is -0.940. The highest BCUT2D eigenvalue weighted by atomic mass is 16.5. The minimum absolute atomic E-state index is 0.0198. The number of hydrogen-bond donors (Lipinski definition) is 1. The molecule has 1 N–H and O–H groups in total. The molecule has 0 fully saturated rings. The summed E-state index contributed by atoms with van der Waals surface area (Å²) in [5.74, 6) is -1.33. The standard InChI is InChI=1S/C17H16O6/c1-8-14-11(6-9(23-8)7-13(19)22-2)16(20)10-4-3-5-12(18)15(10)17(14)21/h3-5,8-9,18H,6-7H2,1-2H3/t8-,9-/m1/s1. The van der Waals surface area contributed by atoms with Crippen molar-refractivity contribution in [2.24, 2.45) is 0 Å². The van der Waals surface area contributed by atoms with Crippen molar-refractivity contribution in [2.75, 3.05) is 7.11 Å². The van der Waals surface area contributed by atoms with Gasteiger partial charge in [-0.1, -0.05) is 12.1 Å². The Labute approximate surface area is 132 Å². The SMILES string of the molecule is COC(=O)C[C@H]1CC2=C(C(=O)c3c(O)cccc3C2=O)[C@@H](C)O1. The molecule has 0 unspecified atom stereocenters. The molecule has 1 aliphatic heterocycles. The summed E-state index contributed by atoms with van der Waals surface area (Å²) in [5.41, 5.74) is 0.851. The number of carbonyl (C=O) groups is 3. The molecule has 1 aliphatic carbocycles. The van der Waals surface area contributed by atoms with E-state index in [-0.39, 0.29) is 41.1 Å². The topological polar surface area (TPSA) is 89.9 Å². The van der Waals surface area contributed by atoms with E-state index in [0.717, 1.165) is 0 Å². The Balaban J connectivity index is 2.02. The molecule has 23 heavy (non-hydrogen) atoms. The van der Waals surface area contributed by atoms with Crippen LogP contribution in [0.5, 0.6) is 5.75 Å². The van der Waals surface area contributed by atoms with Crippen molar-refractivity contribution in [3.8, 4) is 5.75 Å². The molecule has 6 heteroatoms. The minimum atomic E-state index is -0.627. The van der Waals surface area contributed by atoms with Gasteiger partial charge in [0.15, 0.2) is 11.6 Å². The summed E-state index contributed by atoms with van der Waals surface area (Å²) >= 11 is 0. The molecular weight excluding hydrogens is 300 g/mol. The average molecular weight is 316 g/mol. The van der Waals surface area contributed by atoms with Gasteiger partial charge in [-0.3, -0.25) is 14.4 Å². The van der Waals surface area contributed by atoms with Gasteiger partial charge in [-0.15, -0.1) is 0 Å². The zero-order valence-corrected chi connectivity index (χ0v) is 12.8. The Kier molecular flexibility index (Phi) is 3.77. The fraction of sp³-hybridized carbons (Fsp3) is 0.353. The third-order valence-corrected chi connectivity index (χ3v) is 4.21. The lowest BCUT2D eigenvalue weighted by Crippen LogP contribution is -2.38. The van der Waals surface area contributed by atoms with Gasteiger partial charge in [-0.25, -0.2) is 0 Å². The van der Waals surface area contributed by atoms with Crippen molar-refractivity contribution in [3.63, 3.8) is 0 Å². The molecule has 2 aliphatic rings. The number of hydrogen-bond acceptors (Lipinski definition) is 6. The molecule has 0 spiro atoms. The van der Waals surface area contributed by atoms with E-state index in [1.807, 2.05) is 0 Å². The monoisotopic (exact) mass is 316 g/mol. The van der Waals surface area contributed by atoms with Gasteiger partial charge in [-0.05, 0) is 13.0 Å². The molecule has 0 aromatic heterocycles. The predicted molar refractivity (Wildman–Crippen MR) is 79.4 cm³/mol. The van der Waals surface area contributed by atoms with E-state index in [9.17, 15) is 19.5 Å². The normalized spacial score (nSPS) is 23.4. The fourth-order valence-corrected chi connectivity index (χ4v) is 3.18. The van der Waals surface area contributed by atoms with Gasteiger partial charge in [-0.2, -0.15) is 0 Å². The summed E-state index contributed by atoms with van der Waals surface area (Å²) in [4.78, 5) is 36.8. The van der Waals surface area contributed by atoms with Gasteiger partial charge in [0, 0.05) is 23.1 Å². The Bertz CT molecular complexity index is 745. The first-order valence-electron chi connectivity index (χ1n) is 7.30. The summed E-state index contributed by atoms with van der Waals surface area (Å²) < 4.78 is 10.3. The molecule has 0 saturated heterocycles. The lowest BCUT2D eigenvalue weighted by Gasteiger charge is -2.33. The Hall–Kier alpha value is -2.47. The van der Waals surface area contributed by atoms with E-state index in [1.165, 1.54) is 25.3 Å². The first kappa shape index (κ1) is 15.4. The number of ketones is 2. The van der Waals surface area contributed by atoms with E-state index in [4.69, 9.17) is 4.74 Å². The molecule has 0 radical (unpaired) electrons. The molecule has 1 aromatic carbocycles. The summed E-state index contributed by atoms with van der Waals surface area (Å²) in [6, 6.07) is 4.43.